The molecule has 2 atom stereocenters. The Balaban J connectivity index is 1.86. The summed E-state index contributed by atoms with van der Waals surface area (Å²) in [6.07, 6.45) is 6.90. The molecule has 0 unspecified atom stereocenters. The Morgan fingerprint density at radius 2 is 2.13 bits per heavy atom. The molecular formula is C17H22N4O2. The summed E-state index contributed by atoms with van der Waals surface area (Å²) in [5.74, 6) is 0.582. The lowest BCUT2D eigenvalue weighted by Crippen LogP contribution is -2.45. The van der Waals surface area contributed by atoms with Gasteiger partial charge in [-0.3, -0.25) is 9.78 Å². The first-order chi connectivity index (χ1) is 11.1. The Morgan fingerprint density at radius 3 is 2.74 bits per heavy atom. The summed E-state index contributed by atoms with van der Waals surface area (Å²) in [6, 6.07) is 4.50. The Kier molecular flexibility index (Phi) is 4.43. The van der Waals surface area contributed by atoms with Gasteiger partial charge in [0, 0.05) is 25.0 Å². The Bertz CT molecular complexity index is 668. The Hall–Kier alpha value is -2.21. The van der Waals surface area contributed by atoms with Gasteiger partial charge in [-0.1, -0.05) is 5.16 Å². The highest BCUT2D eigenvalue weighted by Crippen LogP contribution is 2.27. The number of rotatable bonds is 4. The largest absolute Gasteiger partial charge is 0.361 e. The second-order valence-corrected chi connectivity index (χ2v) is 6.24. The van der Waals surface area contributed by atoms with Crippen LogP contribution in [-0.4, -0.2) is 58.6 Å². The first-order valence-electron chi connectivity index (χ1n) is 7.85. The number of nitrogens with zero attached hydrogens (tertiary/aromatic N) is 4. The molecule has 0 bridgehead atoms. The molecule has 0 radical (unpaired) electrons. The van der Waals surface area contributed by atoms with Crippen molar-refractivity contribution < 1.29 is 9.32 Å². The average molecular weight is 314 g/mol. The predicted molar refractivity (Wildman–Crippen MR) is 86.1 cm³/mol. The van der Waals surface area contributed by atoms with E-state index >= 15 is 0 Å². The van der Waals surface area contributed by atoms with Crippen LogP contribution in [0.4, 0.5) is 0 Å². The minimum atomic E-state index is 0.00663. The lowest BCUT2D eigenvalue weighted by Gasteiger charge is -2.31. The molecule has 23 heavy (non-hydrogen) atoms. The van der Waals surface area contributed by atoms with Crippen LogP contribution in [0.3, 0.4) is 0 Å². The van der Waals surface area contributed by atoms with Crippen molar-refractivity contribution in [3.8, 4) is 0 Å². The molecule has 6 nitrogen and oxygen atoms in total. The first-order valence-corrected chi connectivity index (χ1v) is 7.85. The average Bonchev–Trinajstić information content (AvgIpc) is 3.14. The van der Waals surface area contributed by atoms with Crippen molar-refractivity contribution >= 4 is 5.91 Å². The number of carbonyl (C=O) groups is 1. The number of carbonyl (C=O) groups excluding carboxylic acids is 1. The van der Waals surface area contributed by atoms with E-state index in [0.717, 1.165) is 19.4 Å². The summed E-state index contributed by atoms with van der Waals surface area (Å²) < 4.78 is 5.06. The second kappa shape index (κ2) is 6.50. The number of pyridine rings is 1. The highest BCUT2D eigenvalue weighted by molar-refractivity contribution is 5.95. The topological polar surface area (TPSA) is 62.5 Å². The molecule has 2 aromatic rings. The van der Waals surface area contributed by atoms with E-state index in [4.69, 9.17) is 4.52 Å². The standard InChI is InChI=1S/C17H22N4O2/c1-12-14(11-19-23-12)17(22)21-9-6-15(20(2)3)16(21)10-13-4-7-18-8-5-13/h4-5,7-8,11,15-16H,6,9-10H2,1-3H3/t15-,16+/m1/s1. The highest BCUT2D eigenvalue weighted by atomic mass is 16.5. The van der Waals surface area contributed by atoms with Crippen molar-refractivity contribution in [1.29, 1.82) is 0 Å². The molecule has 1 aliphatic rings. The second-order valence-electron chi connectivity index (χ2n) is 6.24. The molecule has 0 N–H and O–H groups in total. The summed E-state index contributed by atoms with van der Waals surface area (Å²) in [7, 11) is 4.14. The maximum atomic E-state index is 12.9. The molecular weight excluding hydrogens is 292 g/mol. The SMILES string of the molecule is Cc1oncc1C(=O)N1CC[C@@H](N(C)C)[C@@H]1Cc1ccncc1. The summed E-state index contributed by atoms with van der Waals surface area (Å²) >= 11 is 0. The van der Waals surface area contributed by atoms with E-state index in [1.807, 2.05) is 17.0 Å². The smallest absolute Gasteiger partial charge is 0.259 e. The van der Waals surface area contributed by atoms with Gasteiger partial charge in [-0.05, 0) is 51.6 Å². The fourth-order valence-electron chi connectivity index (χ4n) is 3.36. The van der Waals surface area contributed by atoms with Gasteiger partial charge in [-0.25, -0.2) is 0 Å². The van der Waals surface area contributed by atoms with Crippen molar-refractivity contribution in [3.05, 3.63) is 47.6 Å². The number of aromatic nitrogens is 2. The van der Waals surface area contributed by atoms with Gasteiger partial charge in [-0.15, -0.1) is 0 Å². The summed E-state index contributed by atoms with van der Waals surface area (Å²) in [4.78, 5) is 21.1. The van der Waals surface area contributed by atoms with Crippen LogP contribution in [0.15, 0.2) is 35.2 Å². The van der Waals surface area contributed by atoms with Crippen LogP contribution in [0.25, 0.3) is 0 Å². The van der Waals surface area contributed by atoms with Gasteiger partial charge in [0.05, 0.1) is 12.2 Å². The lowest BCUT2D eigenvalue weighted by molar-refractivity contribution is 0.0703. The summed E-state index contributed by atoms with van der Waals surface area (Å²) in [5, 5.41) is 3.74. The third kappa shape index (κ3) is 3.12. The highest BCUT2D eigenvalue weighted by Gasteiger charge is 2.39. The van der Waals surface area contributed by atoms with Gasteiger partial charge in [0.2, 0.25) is 0 Å². The number of hydrogen-bond acceptors (Lipinski definition) is 5. The van der Waals surface area contributed by atoms with E-state index in [2.05, 4.69) is 29.1 Å². The van der Waals surface area contributed by atoms with E-state index in [0.29, 0.717) is 17.4 Å². The van der Waals surface area contributed by atoms with Gasteiger partial charge in [0.25, 0.3) is 5.91 Å². The van der Waals surface area contributed by atoms with Crippen LogP contribution in [0.1, 0.15) is 28.1 Å². The Morgan fingerprint density at radius 1 is 1.39 bits per heavy atom. The molecule has 122 valence electrons. The fraction of sp³-hybridized carbons (Fsp3) is 0.471. The molecule has 0 saturated carbocycles. The van der Waals surface area contributed by atoms with Gasteiger partial charge in [0.15, 0.2) is 0 Å². The van der Waals surface area contributed by atoms with E-state index < -0.39 is 0 Å². The molecule has 0 aliphatic carbocycles. The summed E-state index contributed by atoms with van der Waals surface area (Å²) in [6.45, 7) is 2.53. The molecule has 0 spiro atoms. The zero-order chi connectivity index (χ0) is 16.4. The molecule has 0 aromatic carbocycles. The molecule has 1 amide bonds. The van der Waals surface area contributed by atoms with E-state index in [1.54, 1.807) is 19.3 Å². The molecule has 3 heterocycles. The molecule has 2 aromatic heterocycles. The van der Waals surface area contributed by atoms with Crippen LogP contribution in [-0.2, 0) is 6.42 Å². The molecule has 1 saturated heterocycles. The normalized spacial score (nSPS) is 21.1. The van der Waals surface area contributed by atoms with Crippen LogP contribution in [0.5, 0.6) is 0 Å². The molecule has 1 fully saturated rings. The van der Waals surface area contributed by atoms with Crippen LogP contribution in [0.2, 0.25) is 0 Å². The number of likely N-dealkylation sites (N-methyl/N-ethyl adjacent to an activating group) is 1. The molecule has 1 aliphatic heterocycles. The number of aryl methyl sites for hydroxylation is 1. The zero-order valence-electron chi connectivity index (χ0n) is 13.8. The van der Waals surface area contributed by atoms with Gasteiger partial charge in [-0.2, -0.15) is 0 Å². The van der Waals surface area contributed by atoms with Crippen LogP contribution >= 0.6 is 0 Å². The number of likely N-dealkylation sites (tertiary alicyclic amines) is 1. The van der Waals surface area contributed by atoms with Crippen molar-refractivity contribution in [2.45, 2.75) is 31.8 Å². The minimum absolute atomic E-state index is 0.00663. The van der Waals surface area contributed by atoms with Gasteiger partial charge >= 0.3 is 0 Å². The van der Waals surface area contributed by atoms with Crippen LogP contribution in [0, 0.1) is 6.92 Å². The predicted octanol–water partition coefficient (Wildman–Crippen LogP) is 1.77. The molecule has 3 rings (SSSR count). The quantitative estimate of drug-likeness (QED) is 0.860. The monoisotopic (exact) mass is 314 g/mol. The number of amides is 1. The minimum Gasteiger partial charge on any atom is -0.361 e. The van der Waals surface area contributed by atoms with Crippen molar-refractivity contribution in [1.82, 2.24) is 19.9 Å². The summed E-state index contributed by atoms with van der Waals surface area (Å²) in [5.41, 5.74) is 1.75. The maximum Gasteiger partial charge on any atom is 0.259 e. The third-order valence-electron chi connectivity index (χ3n) is 4.61. The first kappa shape index (κ1) is 15.7. The van der Waals surface area contributed by atoms with E-state index in [1.165, 1.54) is 11.8 Å². The van der Waals surface area contributed by atoms with Crippen LogP contribution < -0.4 is 0 Å². The van der Waals surface area contributed by atoms with Gasteiger partial charge in [0.1, 0.15) is 11.3 Å². The Labute approximate surface area is 136 Å². The fourth-order valence-corrected chi connectivity index (χ4v) is 3.36. The molecule has 6 heteroatoms. The van der Waals surface area contributed by atoms with E-state index in [9.17, 15) is 4.79 Å². The van der Waals surface area contributed by atoms with Gasteiger partial charge < -0.3 is 14.3 Å². The zero-order valence-corrected chi connectivity index (χ0v) is 13.8. The third-order valence-corrected chi connectivity index (χ3v) is 4.61. The van der Waals surface area contributed by atoms with E-state index in [-0.39, 0.29) is 11.9 Å². The lowest BCUT2D eigenvalue weighted by atomic mass is 9.99. The number of hydrogen-bond donors (Lipinski definition) is 0. The van der Waals surface area contributed by atoms with Crippen molar-refractivity contribution in [2.75, 3.05) is 20.6 Å². The van der Waals surface area contributed by atoms with Crippen molar-refractivity contribution in [3.63, 3.8) is 0 Å². The van der Waals surface area contributed by atoms with Crippen molar-refractivity contribution in [2.24, 2.45) is 0 Å². The maximum absolute atomic E-state index is 12.9.